The maximum absolute atomic E-state index is 12.9. The van der Waals surface area contributed by atoms with Crippen molar-refractivity contribution in [3.63, 3.8) is 0 Å². The molecule has 1 fully saturated rings. The summed E-state index contributed by atoms with van der Waals surface area (Å²) >= 11 is 0. The van der Waals surface area contributed by atoms with Crippen molar-refractivity contribution in [2.75, 3.05) is 11.4 Å². The van der Waals surface area contributed by atoms with E-state index in [4.69, 9.17) is 0 Å². The quantitative estimate of drug-likeness (QED) is 0.922. The highest BCUT2D eigenvalue weighted by molar-refractivity contribution is 5.49. The van der Waals surface area contributed by atoms with E-state index in [0.29, 0.717) is 6.54 Å². The minimum Gasteiger partial charge on any atom is -0.506 e. The Kier molecular flexibility index (Phi) is 3.64. The molecule has 2 aromatic heterocycles. The van der Waals surface area contributed by atoms with Crippen LogP contribution in [0.15, 0.2) is 36.7 Å². The molecule has 0 amide bonds. The Hall–Kier alpha value is -2.31. The average Bonchev–Trinajstić information content (AvgIpc) is 2.97. The van der Waals surface area contributed by atoms with Crippen molar-refractivity contribution in [3.8, 4) is 5.75 Å². The zero-order valence-electron chi connectivity index (χ0n) is 11.6. The van der Waals surface area contributed by atoms with Crippen LogP contribution in [-0.4, -0.2) is 21.6 Å². The second-order valence-corrected chi connectivity index (χ2v) is 5.16. The summed E-state index contributed by atoms with van der Waals surface area (Å²) in [4.78, 5) is 10.0. The third-order valence-electron chi connectivity index (χ3n) is 3.75. The largest absolute Gasteiger partial charge is 0.506 e. The van der Waals surface area contributed by atoms with Crippen LogP contribution in [0, 0.1) is 0 Å². The predicted molar refractivity (Wildman–Crippen MR) is 74.5 cm³/mol. The van der Waals surface area contributed by atoms with Crippen molar-refractivity contribution >= 4 is 5.82 Å². The Bertz CT molecular complexity index is 661. The molecule has 3 rings (SSSR count). The first-order chi connectivity index (χ1) is 10.5. The smallest absolute Gasteiger partial charge is 0.420 e. The van der Waals surface area contributed by atoms with Gasteiger partial charge in [-0.05, 0) is 31.0 Å². The first-order valence-electron chi connectivity index (χ1n) is 6.90. The van der Waals surface area contributed by atoms with Gasteiger partial charge < -0.3 is 10.0 Å². The minimum atomic E-state index is -4.61. The predicted octanol–water partition coefficient (Wildman–Crippen LogP) is 3.54. The first kappa shape index (κ1) is 14.6. The van der Waals surface area contributed by atoms with Gasteiger partial charge in [-0.1, -0.05) is 6.07 Å². The molecular weight excluding hydrogens is 295 g/mol. The molecule has 0 aromatic carbocycles. The van der Waals surface area contributed by atoms with Crippen LogP contribution in [0.1, 0.15) is 30.1 Å². The Balaban J connectivity index is 1.97. The van der Waals surface area contributed by atoms with Crippen molar-refractivity contribution in [2.24, 2.45) is 0 Å². The van der Waals surface area contributed by atoms with E-state index in [9.17, 15) is 18.3 Å². The Morgan fingerprint density at radius 2 is 2.05 bits per heavy atom. The summed E-state index contributed by atoms with van der Waals surface area (Å²) in [5.74, 6) is -0.650. The first-order valence-corrected chi connectivity index (χ1v) is 6.90. The fourth-order valence-corrected chi connectivity index (χ4v) is 2.74. The van der Waals surface area contributed by atoms with Crippen LogP contribution in [0.2, 0.25) is 0 Å². The maximum atomic E-state index is 12.9. The number of aromatic nitrogens is 2. The summed E-state index contributed by atoms with van der Waals surface area (Å²) in [7, 11) is 0. The summed E-state index contributed by atoms with van der Waals surface area (Å²) in [5.41, 5.74) is -0.257. The van der Waals surface area contributed by atoms with Gasteiger partial charge in [-0.3, -0.25) is 4.98 Å². The molecule has 3 heterocycles. The van der Waals surface area contributed by atoms with Gasteiger partial charge >= 0.3 is 6.18 Å². The second-order valence-electron chi connectivity index (χ2n) is 5.16. The summed E-state index contributed by atoms with van der Waals surface area (Å²) in [5, 5.41) is 9.38. The van der Waals surface area contributed by atoms with E-state index in [1.54, 1.807) is 17.2 Å². The zero-order valence-corrected chi connectivity index (χ0v) is 11.6. The molecule has 0 aliphatic carbocycles. The molecule has 2 aromatic rings. The van der Waals surface area contributed by atoms with Crippen LogP contribution in [0.25, 0.3) is 0 Å². The highest BCUT2D eigenvalue weighted by Gasteiger charge is 2.36. The number of pyridine rings is 2. The van der Waals surface area contributed by atoms with Gasteiger partial charge in [0.15, 0.2) is 0 Å². The van der Waals surface area contributed by atoms with E-state index in [2.05, 4.69) is 9.97 Å². The molecule has 22 heavy (non-hydrogen) atoms. The number of nitrogens with zero attached hydrogens (tertiary/aromatic N) is 3. The van der Waals surface area contributed by atoms with Crippen LogP contribution < -0.4 is 4.90 Å². The van der Waals surface area contributed by atoms with Crippen molar-refractivity contribution in [3.05, 3.63) is 47.9 Å². The lowest BCUT2D eigenvalue weighted by molar-refractivity contribution is -0.138. The molecule has 7 heteroatoms. The topological polar surface area (TPSA) is 49.3 Å². The lowest BCUT2D eigenvalue weighted by atomic mass is 10.1. The fraction of sp³-hybridized carbons (Fsp3) is 0.333. The van der Waals surface area contributed by atoms with Crippen molar-refractivity contribution in [1.29, 1.82) is 0 Å². The zero-order chi connectivity index (χ0) is 15.7. The van der Waals surface area contributed by atoms with Gasteiger partial charge in [0.25, 0.3) is 0 Å². The number of hydrogen-bond acceptors (Lipinski definition) is 4. The Morgan fingerprint density at radius 1 is 1.23 bits per heavy atom. The number of halogens is 3. The van der Waals surface area contributed by atoms with Crippen LogP contribution in [0.4, 0.5) is 19.0 Å². The summed E-state index contributed by atoms with van der Waals surface area (Å²) in [6, 6.07) is 6.30. The average molecular weight is 309 g/mol. The van der Waals surface area contributed by atoms with Crippen molar-refractivity contribution in [1.82, 2.24) is 9.97 Å². The standard InChI is InChI=1S/C15H14F3N3O/c16-15(17,18)10-8-14(20-9-13(10)22)21-7-3-5-12(21)11-4-1-2-6-19-11/h1-2,4,6,8-9,12,22H,3,5,7H2. The Morgan fingerprint density at radius 3 is 2.73 bits per heavy atom. The Labute approximate surface area is 125 Å². The molecule has 1 atom stereocenters. The lowest BCUT2D eigenvalue weighted by Crippen LogP contribution is -2.24. The number of aromatic hydroxyl groups is 1. The molecule has 1 saturated heterocycles. The van der Waals surface area contributed by atoms with Crippen molar-refractivity contribution < 1.29 is 18.3 Å². The number of alkyl halides is 3. The third-order valence-corrected chi connectivity index (χ3v) is 3.75. The third kappa shape index (κ3) is 2.70. The van der Waals surface area contributed by atoms with E-state index in [1.807, 2.05) is 12.1 Å². The van der Waals surface area contributed by atoms with Crippen LogP contribution in [0.3, 0.4) is 0 Å². The number of hydrogen-bond donors (Lipinski definition) is 1. The van der Waals surface area contributed by atoms with Gasteiger partial charge in [0, 0.05) is 12.7 Å². The van der Waals surface area contributed by atoms with Gasteiger partial charge in [-0.2, -0.15) is 13.2 Å². The van der Waals surface area contributed by atoms with Gasteiger partial charge in [0.1, 0.15) is 17.1 Å². The number of anilines is 1. The molecule has 1 aliphatic heterocycles. The molecule has 4 nitrogen and oxygen atoms in total. The van der Waals surface area contributed by atoms with E-state index in [1.165, 1.54) is 0 Å². The lowest BCUT2D eigenvalue weighted by Gasteiger charge is -2.26. The highest BCUT2D eigenvalue weighted by atomic mass is 19.4. The molecule has 0 radical (unpaired) electrons. The van der Waals surface area contributed by atoms with Crippen LogP contribution >= 0.6 is 0 Å². The van der Waals surface area contributed by atoms with Crippen molar-refractivity contribution in [2.45, 2.75) is 25.1 Å². The number of rotatable bonds is 2. The SMILES string of the molecule is Oc1cnc(N2CCCC2c2ccccn2)cc1C(F)(F)F. The highest BCUT2D eigenvalue weighted by Crippen LogP contribution is 2.40. The second kappa shape index (κ2) is 5.47. The summed E-state index contributed by atoms with van der Waals surface area (Å²) in [6.07, 6.45) is -0.433. The molecule has 0 saturated carbocycles. The van der Waals surface area contributed by atoms with E-state index in [0.717, 1.165) is 30.8 Å². The normalized spacial score (nSPS) is 18.7. The fourth-order valence-electron chi connectivity index (χ4n) is 2.74. The molecule has 1 aliphatic rings. The monoisotopic (exact) mass is 309 g/mol. The molecule has 0 spiro atoms. The van der Waals surface area contributed by atoms with Gasteiger partial charge in [0.05, 0.1) is 17.9 Å². The van der Waals surface area contributed by atoms with E-state index in [-0.39, 0.29) is 11.9 Å². The minimum absolute atomic E-state index is 0.0978. The van der Waals surface area contributed by atoms with E-state index >= 15 is 0 Å². The molecule has 1 unspecified atom stereocenters. The van der Waals surface area contributed by atoms with Crippen LogP contribution in [-0.2, 0) is 6.18 Å². The summed E-state index contributed by atoms with van der Waals surface area (Å²) < 4.78 is 38.8. The summed E-state index contributed by atoms with van der Waals surface area (Å²) in [6.45, 7) is 0.607. The molecular formula is C15H14F3N3O. The van der Waals surface area contributed by atoms with Gasteiger partial charge in [-0.25, -0.2) is 4.98 Å². The van der Waals surface area contributed by atoms with Crippen LogP contribution in [0.5, 0.6) is 5.75 Å². The van der Waals surface area contributed by atoms with E-state index < -0.39 is 17.5 Å². The molecule has 116 valence electrons. The molecule has 0 bridgehead atoms. The van der Waals surface area contributed by atoms with Gasteiger partial charge in [0.2, 0.25) is 0 Å². The maximum Gasteiger partial charge on any atom is 0.420 e. The molecule has 1 N–H and O–H groups in total. The van der Waals surface area contributed by atoms with Gasteiger partial charge in [-0.15, -0.1) is 0 Å².